The Hall–Kier alpha value is -1.56. The second-order valence-electron chi connectivity index (χ2n) is 6.14. The summed E-state index contributed by atoms with van der Waals surface area (Å²) in [5.74, 6) is 1.48. The van der Waals surface area contributed by atoms with Crippen molar-refractivity contribution in [2.24, 2.45) is 10.9 Å². The molecule has 0 fully saturated rings. The minimum atomic E-state index is 0.598. The number of rotatable bonds is 11. The van der Waals surface area contributed by atoms with Crippen molar-refractivity contribution in [2.45, 2.75) is 47.1 Å². The van der Waals surface area contributed by atoms with Gasteiger partial charge in [-0.05, 0) is 38.2 Å². The highest BCUT2D eigenvalue weighted by atomic mass is 16.5. The number of aliphatic imine (C=N–C) groups is 1. The molecule has 0 amide bonds. The van der Waals surface area contributed by atoms with Crippen LogP contribution in [0.4, 0.5) is 0 Å². The van der Waals surface area contributed by atoms with Crippen LogP contribution in [0.2, 0.25) is 0 Å². The van der Waals surface area contributed by atoms with Crippen molar-refractivity contribution in [3.8, 4) is 0 Å². The zero-order valence-corrected chi connectivity index (χ0v) is 15.1. The number of aryl methyl sites for hydroxylation is 2. The van der Waals surface area contributed by atoms with Gasteiger partial charge in [0.2, 0.25) is 0 Å². The molecule has 0 saturated heterocycles. The van der Waals surface area contributed by atoms with Crippen molar-refractivity contribution < 1.29 is 4.74 Å². The van der Waals surface area contributed by atoms with E-state index in [1.54, 1.807) is 0 Å². The summed E-state index contributed by atoms with van der Waals surface area (Å²) in [5.41, 5.74) is 1.20. The zero-order chi connectivity index (χ0) is 16.9. The summed E-state index contributed by atoms with van der Waals surface area (Å²) in [6, 6.07) is 0. The fourth-order valence-electron chi connectivity index (χ4n) is 2.05. The van der Waals surface area contributed by atoms with Crippen LogP contribution in [-0.4, -0.2) is 48.6 Å². The molecule has 0 aromatic carbocycles. The van der Waals surface area contributed by atoms with E-state index < -0.39 is 0 Å². The van der Waals surface area contributed by atoms with Crippen LogP contribution in [0.3, 0.4) is 0 Å². The molecule has 1 heterocycles. The van der Waals surface area contributed by atoms with Gasteiger partial charge in [0, 0.05) is 45.6 Å². The van der Waals surface area contributed by atoms with Crippen LogP contribution < -0.4 is 10.6 Å². The van der Waals surface area contributed by atoms with Crippen LogP contribution in [0.1, 0.15) is 39.2 Å². The number of guanidine groups is 1. The Bertz CT molecular complexity index is 442. The highest BCUT2D eigenvalue weighted by Crippen LogP contribution is 1.96. The number of hydrogen-bond donors (Lipinski definition) is 2. The second kappa shape index (κ2) is 11.9. The van der Waals surface area contributed by atoms with Gasteiger partial charge in [0.05, 0.1) is 6.20 Å². The molecule has 0 atom stereocenters. The highest BCUT2D eigenvalue weighted by Gasteiger charge is 1.98. The predicted molar refractivity (Wildman–Crippen MR) is 95.8 cm³/mol. The van der Waals surface area contributed by atoms with Crippen molar-refractivity contribution in [3.63, 3.8) is 0 Å². The molecule has 0 aliphatic rings. The second-order valence-corrected chi connectivity index (χ2v) is 6.14. The van der Waals surface area contributed by atoms with Gasteiger partial charge in [0.25, 0.3) is 0 Å². The minimum Gasteiger partial charge on any atom is -0.381 e. The maximum Gasteiger partial charge on any atom is 0.191 e. The van der Waals surface area contributed by atoms with E-state index in [9.17, 15) is 0 Å². The Kier molecular flexibility index (Phi) is 10.1. The largest absolute Gasteiger partial charge is 0.381 e. The number of ether oxygens (including phenoxy) is 1. The summed E-state index contributed by atoms with van der Waals surface area (Å²) in [6.45, 7) is 13.5. The summed E-state index contributed by atoms with van der Waals surface area (Å²) >= 11 is 0. The Morgan fingerprint density at radius 1 is 1.35 bits per heavy atom. The van der Waals surface area contributed by atoms with Crippen molar-refractivity contribution in [1.29, 1.82) is 0 Å². The Morgan fingerprint density at radius 3 is 2.83 bits per heavy atom. The van der Waals surface area contributed by atoms with Gasteiger partial charge < -0.3 is 15.4 Å². The molecule has 0 aliphatic carbocycles. The molecular formula is C17H33N5O. The van der Waals surface area contributed by atoms with E-state index in [0.29, 0.717) is 5.92 Å². The molecule has 1 rings (SSSR count). The molecular weight excluding hydrogens is 290 g/mol. The molecule has 6 heteroatoms. The van der Waals surface area contributed by atoms with Crippen LogP contribution in [-0.2, 0) is 11.3 Å². The first-order chi connectivity index (χ1) is 11.1. The van der Waals surface area contributed by atoms with E-state index in [1.807, 2.05) is 10.9 Å². The Labute approximate surface area is 140 Å². The van der Waals surface area contributed by atoms with Gasteiger partial charge in [-0.3, -0.25) is 9.67 Å². The first kappa shape index (κ1) is 19.5. The van der Waals surface area contributed by atoms with E-state index >= 15 is 0 Å². The molecule has 23 heavy (non-hydrogen) atoms. The third kappa shape index (κ3) is 9.94. The molecule has 0 radical (unpaired) electrons. The topological polar surface area (TPSA) is 63.5 Å². The Morgan fingerprint density at radius 2 is 2.17 bits per heavy atom. The zero-order valence-electron chi connectivity index (χ0n) is 15.1. The molecule has 0 bridgehead atoms. The summed E-state index contributed by atoms with van der Waals surface area (Å²) in [5, 5.41) is 10.9. The average Bonchev–Trinajstić information content (AvgIpc) is 2.92. The van der Waals surface area contributed by atoms with Crippen LogP contribution in [0.25, 0.3) is 0 Å². The van der Waals surface area contributed by atoms with E-state index in [2.05, 4.69) is 54.6 Å². The van der Waals surface area contributed by atoms with Gasteiger partial charge >= 0.3 is 0 Å². The number of aromatic nitrogens is 2. The SMILES string of the molecule is CCNC(=NCCCn1cc(C)cn1)NCCCOCC(C)C. The molecule has 0 saturated carbocycles. The van der Waals surface area contributed by atoms with E-state index in [1.165, 1.54) is 5.56 Å². The van der Waals surface area contributed by atoms with Crippen molar-refractivity contribution in [3.05, 3.63) is 18.0 Å². The highest BCUT2D eigenvalue weighted by molar-refractivity contribution is 5.79. The van der Waals surface area contributed by atoms with E-state index in [0.717, 1.165) is 58.2 Å². The molecule has 132 valence electrons. The summed E-state index contributed by atoms with van der Waals surface area (Å²) < 4.78 is 7.55. The molecule has 1 aromatic rings. The fraction of sp³-hybridized carbons (Fsp3) is 0.765. The lowest BCUT2D eigenvalue weighted by Crippen LogP contribution is -2.38. The van der Waals surface area contributed by atoms with Crippen LogP contribution in [0, 0.1) is 12.8 Å². The standard InChI is InChI=1S/C17H33N5O/c1-5-18-17(20-9-7-11-23-14-15(2)3)19-8-6-10-22-13-16(4)12-21-22/h12-13,15H,5-11,14H2,1-4H3,(H2,18,19,20). The molecule has 0 spiro atoms. The third-order valence-corrected chi connectivity index (χ3v) is 3.13. The number of nitrogens with one attached hydrogen (secondary N) is 2. The average molecular weight is 323 g/mol. The van der Waals surface area contributed by atoms with Gasteiger partial charge in [-0.25, -0.2) is 0 Å². The summed E-state index contributed by atoms with van der Waals surface area (Å²) in [4.78, 5) is 4.59. The lowest BCUT2D eigenvalue weighted by Gasteiger charge is -2.12. The van der Waals surface area contributed by atoms with Gasteiger partial charge in [-0.1, -0.05) is 13.8 Å². The maximum absolute atomic E-state index is 5.58. The van der Waals surface area contributed by atoms with Crippen LogP contribution in [0.5, 0.6) is 0 Å². The fourth-order valence-corrected chi connectivity index (χ4v) is 2.05. The summed E-state index contributed by atoms with van der Waals surface area (Å²) in [6.07, 6.45) is 5.92. The lowest BCUT2D eigenvalue weighted by molar-refractivity contribution is 0.108. The normalized spacial score (nSPS) is 12.0. The quantitative estimate of drug-likeness (QED) is 0.372. The monoisotopic (exact) mass is 323 g/mol. The van der Waals surface area contributed by atoms with Crippen molar-refractivity contribution in [2.75, 3.05) is 32.8 Å². The van der Waals surface area contributed by atoms with E-state index in [4.69, 9.17) is 4.74 Å². The lowest BCUT2D eigenvalue weighted by atomic mass is 10.2. The number of nitrogens with zero attached hydrogens (tertiary/aromatic N) is 3. The van der Waals surface area contributed by atoms with Crippen LogP contribution in [0.15, 0.2) is 17.4 Å². The number of hydrogen-bond acceptors (Lipinski definition) is 3. The molecule has 0 aliphatic heterocycles. The Balaban J connectivity index is 2.16. The van der Waals surface area contributed by atoms with Gasteiger partial charge in [-0.2, -0.15) is 5.10 Å². The van der Waals surface area contributed by atoms with Gasteiger partial charge in [-0.15, -0.1) is 0 Å². The van der Waals surface area contributed by atoms with Crippen molar-refractivity contribution in [1.82, 2.24) is 20.4 Å². The smallest absolute Gasteiger partial charge is 0.191 e. The maximum atomic E-state index is 5.58. The van der Waals surface area contributed by atoms with Gasteiger partial charge in [0.1, 0.15) is 0 Å². The molecule has 6 nitrogen and oxygen atoms in total. The summed E-state index contributed by atoms with van der Waals surface area (Å²) in [7, 11) is 0. The molecule has 0 unspecified atom stereocenters. The first-order valence-electron chi connectivity index (χ1n) is 8.70. The van der Waals surface area contributed by atoms with Crippen LogP contribution >= 0.6 is 0 Å². The third-order valence-electron chi connectivity index (χ3n) is 3.13. The van der Waals surface area contributed by atoms with E-state index in [-0.39, 0.29) is 0 Å². The van der Waals surface area contributed by atoms with Gasteiger partial charge in [0.15, 0.2) is 5.96 Å². The van der Waals surface area contributed by atoms with Crippen molar-refractivity contribution >= 4 is 5.96 Å². The first-order valence-corrected chi connectivity index (χ1v) is 8.70. The minimum absolute atomic E-state index is 0.598. The predicted octanol–water partition coefficient (Wildman–Crippen LogP) is 2.20. The molecule has 2 N–H and O–H groups in total. The molecule has 1 aromatic heterocycles.